The molecule has 3 nitrogen and oxygen atoms in total. The van der Waals surface area contributed by atoms with Crippen molar-refractivity contribution in [2.45, 2.75) is 0 Å². The number of rotatable bonds is 1. The minimum absolute atomic E-state index is 0.0615. The zero-order chi connectivity index (χ0) is 10.2. The van der Waals surface area contributed by atoms with Gasteiger partial charge in [-0.05, 0) is 23.2 Å². The van der Waals surface area contributed by atoms with Crippen molar-refractivity contribution in [2.75, 3.05) is 7.11 Å². The first kappa shape index (κ1) is 11.0. The Kier molecular flexibility index (Phi) is 3.35. The summed E-state index contributed by atoms with van der Waals surface area (Å²) < 4.78 is 5.03. The quantitative estimate of drug-likeness (QED) is 0.443. The van der Waals surface area contributed by atoms with Crippen LogP contribution in [-0.2, 0) is 0 Å². The zero-order valence-electron chi connectivity index (χ0n) is 6.28. The van der Waals surface area contributed by atoms with Gasteiger partial charge in [-0.1, -0.05) is 23.2 Å². The largest absolute Gasteiger partial charge is 0.616 e. The minimum atomic E-state index is -0.270. The van der Waals surface area contributed by atoms with Gasteiger partial charge in [0.25, 0.3) is 0 Å². The molecule has 0 spiro atoms. The van der Waals surface area contributed by atoms with E-state index in [1.807, 2.05) is 0 Å². The van der Waals surface area contributed by atoms with Crippen LogP contribution < -0.4 is 9.47 Å². The Hall–Kier alpha value is -0.0900. The molecule has 0 aliphatic heterocycles. The van der Waals surface area contributed by atoms with Crippen molar-refractivity contribution in [1.29, 1.82) is 0 Å². The molecule has 1 rings (SSSR count). The molecule has 1 aromatic rings. The maximum absolute atomic E-state index is 11.1. The molecule has 0 radical (unpaired) electrons. The van der Waals surface area contributed by atoms with Crippen molar-refractivity contribution < 1.29 is 9.47 Å². The number of nitrogens with zero attached hydrogens (tertiary/aromatic N) is 1. The van der Waals surface area contributed by atoms with E-state index in [0.29, 0.717) is 0 Å². The lowest BCUT2D eigenvalue weighted by molar-refractivity contribution is -0.600. The van der Waals surface area contributed by atoms with E-state index < -0.39 is 0 Å². The van der Waals surface area contributed by atoms with Gasteiger partial charge in [0, 0.05) is 0 Å². The minimum Gasteiger partial charge on any atom is -0.616 e. The first-order chi connectivity index (χ1) is 6.00. The Labute approximate surface area is 94.3 Å². The molecule has 13 heavy (non-hydrogen) atoms. The molecule has 0 aromatic carbocycles. The third-order valence-electron chi connectivity index (χ3n) is 1.32. The summed E-state index contributed by atoms with van der Waals surface area (Å²) in [5.74, 6) is 0.0884. The predicted molar refractivity (Wildman–Crippen MR) is 52.0 cm³/mol. The normalized spacial score (nSPS) is 10.2. The number of aromatic nitrogens is 1. The number of methoxy groups -OCH3 is 1. The molecule has 0 N–H and O–H groups in total. The van der Waals surface area contributed by atoms with Crippen LogP contribution in [0.15, 0.2) is 0 Å². The molecule has 72 valence electrons. The van der Waals surface area contributed by atoms with Crippen LogP contribution in [0.3, 0.4) is 0 Å². The van der Waals surface area contributed by atoms with E-state index in [1.165, 1.54) is 7.11 Å². The molecule has 0 aliphatic carbocycles. The monoisotopic (exact) mass is 261 g/mol. The third-order valence-corrected chi connectivity index (χ3v) is 2.90. The molecule has 0 saturated carbocycles. The molecule has 1 heterocycles. The van der Waals surface area contributed by atoms with E-state index in [4.69, 9.17) is 51.1 Å². The average molecular weight is 263 g/mol. The molecule has 0 saturated heterocycles. The van der Waals surface area contributed by atoms with Crippen LogP contribution >= 0.6 is 46.4 Å². The van der Waals surface area contributed by atoms with E-state index in [-0.39, 0.29) is 30.8 Å². The van der Waals surface area contributed by atoms with E-state index in [0.717, 1.165) is 0 Å². The van der Waals surface area contributed by atoms with Gasteiger partial charge in [0.1, 0.15) is 0 Å². The molecular formula is C6H3Cl4NO2. The molecule has 0 bridgehead atoms. The van der Waals surface area contributed by atoms with Crippen LogP contribution in [-0.4, -0.2) is 7.11 Å². The van der Waals surface area contributed by atoms with Crippen LogP contribution in [0.1, 0.15) is 0 Å². The second-order valence-corrected chi connectivity index (χ2v) is 3.51. The van der Waals surface area contributed by atoms with Crippen molar-refractivity contribution >= 4 is 46.4 Å². The number of hydrogen-bond acceptors (Lipinski definition) is 2. The van der Waals surface area contributed by atoms with Crippen molar-refractivity contribution in [3.05, 3.63) is 25.6 Å². The maximum atomic E-state index is 11.1. The maximum Gasteiger partial charge on any atom is 0.310 e. The summed E-state index contributed by atoms with van der Waals surface area (Å²) in [6.45, 7) is 0. The number of hydrogen-bond donors (Lipinski definition) is 0. The Morgan fingerprint density at radius 2 is 1.46 bits per heavy atom. The van der Waals surface area contributed by atoms with Crippen LogP contribution in [0.25, 0.3) is 0 Å². The lowest BCUT2D eigenvalue weighted by atomic mass is 10.4. The highest BCUT2D eigenvalue weighted by Gasteiger charge is 2.24. The van der Waals surface area contributed by atoms with Crippen LogP contribution in [0.2, 0.25) is 20.4 Å². The SMILES string of the molecule is COc1c(Cl)c(Cl)[n+]([O-])c(Cl)c1Cl. The van der Waals surface area contributed by atoms with Gasteiger partial charge in [-0.25, -0.2) is 0 Å². The molecule has 1 aromatic heterocycles. The standard InChI is InChI=1S/C6H3Cl4NO2/c1-13-4-2(7)5(9)11(12)6(10)3(4)8/h1H3. The van der Waals surface area contributed by atoms with Crippen molar-refractivity contribution in [2.24, 2.45) is 0 Å². The van der Waals surface area contributed by atoms with Gasteiger partial charge in [-0.15, -0.1) is 4.73 Å². The van der Waals surface area contributed by atoms with E-state index in [1.54, 1.807) is 0 Å². The molecule has 0 unspecified atom stereocenters. The molecule has 7 heteroatoms. The van der Waals surface area contributed by atoms with Gasteiger partial charge in [0.2, 0.25) is 0 Å². The number of ether oxygens (including phenoxy) is 1. The molecule has 0 atom stereocenters. The summed E-state index contributed by atoms with van der Waals surface area (Å²) in [7, 11) is 1.34. The predicted octanol–water partition coefficient (Wildman–Crippen LogP) is 2.94. The summed E-state index contributed by atoms with van der Waals surface area (Å²) in [6.07, 6.45) is 0. The smallest absolute Gasteiger partial charge is 0.310 e. The van der Waals surface area contributed by atoms with Crippen molar-refractivity contribution in [1.82, 2.24) is 0 Å². The first-order valence-corrected chi connectivity index (χ1v) is 4.51. The van der Waals surface area contributed by atoms with Gasteiger partial charge in [0.05, 0.1) is 7.11 Å². The van der Waals surface area contributed by atoms with Gasteiger partial charge in [-0.3, -0.25) is 0 Å². The molecule has 0 fully saturated rings. The molecule has 0 aliphatic rings. The van der Waals surface area contributed by atoms with Crippen molar-refractivity contribution in [3.8, 4) is 5.75 Å². The van der Waals surface area contributed by atoms with E-state index >= 15 is 0 Å². The van der Waals surface area contributed by atoms with Gasteiger partial charge in [-0.2, -0.15) is 0 Å². The van der Waals surface area contributed by atoms with E-state index in [2.05, 4.69) is 0 Å². The summed E-state index contributed by atoms with van der Waals surface area (Å²) in [5, 5.41) is 10.4. The highest BCUT2D eigenvalue weighted by molar-refractivity contribution is 6.46. The lowest BCUT2D eigenvalue weighted by Crippen LogP contribution is -2.29. The van der Waals surface area contributed by atoms with Gasteiger partial charge < -0.3 is 9.94 Å². The fourth-order valence-electron chi connectivity index (χ4n) is 0.727. The van der Waals surface area contributed by atoms with Crippen LogP contribution in [0, 0.1) is 5.21 Å². The summed E-state index contributed by atoms with van der Waals surface area (Å²) >= 11 is 22.4. The topological polar surface area (TPSA) is 36.2 Å². The zero-order valence-corrected chi connectivity index (χ0v) is 9.30. The highest BCUT2D eigenvalue weighted by Crippen LogP contribution is 2.39. The van der Waals surface area contributed by atoms with Crippen molar-refractivity contribution in [3.63, 3.8) is 0 Å². The Balaban J connectivity index is 3.56. The second-order valence-electron chi connectivity index (χ2n) is 2.04. The second kappa shape index (κ2) is 3.96. The number of pyridine rings is 1. The average Bonchev–Trinajstić information content (AvgIpc) is 2.13. The van der Waals surface area contributed by atoms with Gasteiger partial charge in [0.15, 0.2) is 15.8 Å². The molecule has 0 amide bonds. The van der Waals surface area contributed by atoms with E-state index in [9.17, 15) is 5.21 Å². The fraction of sp³-hybridized carbons (Fsp3) is 0.167. The lowest BCUT2D eigenvalue weighted by Gasteiger charge is -2.08. The van der Waals surface area contributed by atoms with Crippen LogP contribution in [0.4, 0.5) is 0 Å². The Morgan fingerprint density at radius 3 is 1.77 bits per heavy atom. The summed E-state index contributed by atoms with van der Waals surface area (Å²) in [4.78, 5) is 0. The fourth-order valence-corrected chi connectivity index (χ4v) is 1.66. The summed E-state index contributed by atoms with van der Waals surface area (Å²) in [6, 6.07) is 0. The Morgan fingerprint density at radius 1 is 1.08 bits per heavy atom. The number of halogens is 4. The summed E-state index contributed by atoms with van der Waals surface area (Å²) in [5.41, 5.74) is 0. The molecular weight excluding hydrogens is 260 g/mol. The first-order valence-electron chi connectivity index (χ1n) is 3.00. The van der Waals surface area contributed by atoms with Crippen LogP contribution in [0.5, 0.6) is 5.75 Å². The third kappa shape index (κ3) is 1.74. The Bertz CT molecular complexity index is 326. The van der Waals surface area contributed by atoms with Gasteiger partial charge >= 0.3 is 10.3 Å². The highest BCUT2D eigenvalue weighted by atomic mass is 35.5.